The van der Waals surface area contributed by atoms with Crippen LogP contribution in [0.2, 0.25) is 0 Å². The van der Waals surface area contributed by atoms with Crippen molar-refractivity contribution in [1.82, 2.24) is 0 Å². The number of fused-ring (bicyclic) bond motifs is 4. The molecule has 8 aromatic rings. The minimum Gasteiger partial charge on any atom is -0.504 e. The van der Waals surface area contributed by atoms with E-state index in [1.54, 1.807) is 0 Å². The molecule has 6 aromatic carbocycles. The number of hydrogen-bond acceptors (Lipinski definition) is 30. The SMILES string of the molecule is O=C(O[C@@H]1[C@@H](OC(=O)c2cc(O)c(O)c(O)c2Oc2cc3c(=O)oc4c(O)c(O)cc5c(=O)oc(c2O)c3c45)[C@H](O)O[C@@H]2COC(=O)c3cc(O)c(O)c(O)c3-c3c(cc(O)c(O)c3O)C(=O)O[C@@H]12)c1cc(O)c(O)c(O)c1. The number of phenols is 15. The number of ether oxygens (including phenoxy) is 6. The number of rotatable bonds is 6. The van der Waals surface area contributed by atoms with E-state index in [1.807, 2.05) is 0 Å². The predicted molar refractivity (Wildman–Crippen MR) is 246 cm³/mol. The number of phenolic OH excluding ortho intramolecular Hbond substituents is 15. The van der Waals surface area contributed by atoms with Crippen LogP contribution in [0.4, 0.5) is 0 Å². The highest BCUT2D eigenvalue weighted by atomic mass is 16.7. The van der Waals surface area contributed by atoms with Crippen LogP contribution in [0.5, 0.6) is 97.7 Å². The van der Waals surface area contributed by atoms with Crippen molar-refractivity contribution in [3.05, 3.63) is 85.6 Å². The molecule has 0 amide bonds. The zero-order chi connectivity index (χ0) is 56.4. The van der Waals surface area contributed by atoms with Crippen LogP contribution in [0, 0.1) is 0 Å². The van der Waals surface area contributed by atoms with E-state index in [1.165, 1.54) is 0 Å². The van der Waals surface area contributed by atoms with E-state index in [4.69, 9.17) is 37.3 Å². The molecule has 2 aliphatic rings. The molecule has 0 bridgehead atoms. The summed E-state index contributed by atoms with van der Waals surface area (Å²) in [6, 6.07) is 3.67. The molecule has 16 N–H and O–H groups in total. The van der Waals surface area contributed by atoms with Crippen molar-refractivity contribution >= 4 is 56.6 Å². The van der Waals surface area contributed by atoms with Crippen LogP contribution in [0.1, 0.15) is 41.4 Å². The van der Waals surface area contributed by atoms with Gasteiger partial charge in [-0.05, 0) is 30.3 Å². The summed E-state index contributed by atoms with van der Waals surface area (Å²) in [6.45, 7) is -1.24. The maximum Gasteiger partial charge on any atom is 0.344 e. The summed E-state index contributed by atoms with van der Waals surface area (Å²) < 4.78 is 43.6. The molecule has 78 heavy (non-hydrogen) atoms. The van der Waals surface area contributed by atoms with Crippen molar-refractivity contribution in [3.63, 3.8) is 0 Å². The highest BCUT2D eigenvalue weighted by molar-refractivity contribution is 6.22. The van der Waals surface area contributed by atoms with Crippen LogP contribution in [-0.2, 0) is 23.7 Å². The highest BCUT2D eigenvalue weighted by Gasteiger charge is 2.54. The van der Waals surface area contributed by atoms with Gasteiger partial charge in [0, 0.05) is 34.0 Å². The van der Waals surface area contributed by atoms with E-state index in [0.29, 0.717) is 36.4 Å². The molecule has 1 saturated heterocycles. The van der Waals surface area contributed by atoms with Gasteiger partial charge in [-0.2, -0.15) is 0 Å². The summed E-state index contributed by atoms with van der Waals surface area (Å²) in [7, 11) is 0. The average molecular weight is 1090 g/mol. The van der Waals surface area contributed by atoms with Gasteiger partial charge in [0.2, 0.25) is 34.5 Å². The first kappa shape index (κ1) is 50.4. The highest BCUT2D eigenvalue weighted by Crippen LogP contribution is 2.54. The van der Waals surface area contributed by atoms with Crippen molar-refractivity contribution in [3.8, 4) is 109 Å². The Labute approximate surface area is 425 Å². The molecule has 0 spiro atoms. The number of benzene rings is 6. The van der Waals surface area contributed by atoms with Gasteiger partial charge < -0.3 is 119 Å². The smallest absolute Gasteiger partial charge is 0.344 e. The van der Waals surface area contributed by atoms with Gasteiger partial charge in [-0.3, -0.25) is 0 Å². The van der Waals surface area contributed by atoms with Crippen LogP contribution in [0.3, 0.4) is 0 Å². The van der Waals surface area contributed by atoms with Gasteiger partial charge >= 0.3 is 35.1 Å². The molecule has 1 fully saturated rings. The molecule has 0 unspecified atom stereocenters. The molecule has 10 rings (SSSR count). The Bertz CT molecular complexity index is 4070. The molecule has 5 atom stereocenters. The maximum absolute atomic E-state index is 14.5. The van der Waals surface area contributed by atoms with Crippen LogP contribution in [0.15, 0.2) is 60.9 Å². The van der Waals surface area contributed by atoms with Crippen LogP contribution in [-0.4, -0.2) is 143 Å². The van der Waals surface area contributed by atoms with E-state index >= 15 is 0 Å². The predicted octanol–water partition coefficient (Wildman–Crippen LogP) is 2.40. The van der Waals surface area contributed by atoms with E-state index in [9.17, 15) is 110 Å². The zero-order valence-electron chi connectivity index (χ0n) is 38.0. The van der Waals surface area contributed by atoms with Crippen molar-refractivity contribution < 1.29 is 138 Å². The summed E-state index contributed by atoms with van der Waals surface area (Å²) in [5.41, 5.74) is -10.6. The zero-order valence-corrected chi connectivity index (χ0v) is 38.0. The average Bonchev–Trinajstić information content (AvgIpc) is 3.41. The van der Waals surface area contributed by atoms with E-state index in [-0.39, 0.29) is 5.39 Å². The molecular formula is C48H30O30. The molecule has 2 aliphatic heterocycles. The number of esters is 4. The molecule has 402 valence electrons. The lowest BCUT2D eigenvalue weighted by atomic mass is 9.92. The fourth-order valence-corrected chi connectivity index (χ4v) is 8.71. The van der Waals surface area contributed by atoms with Crippen LogP contribution >= 0.6 is 0 Å². The standard InChI is InChI=1S/C48H30O30/c49-15-1-9(2-16(50)27(15)55)42(64)77-40-37-22(8-71-43(65)10-3-17(51)28(56)33(61)23(10)24-11(44(66)74-37)4-18(52)29(57)34(24)62)73-48(70)41(40)78-47(69)14-6-19(53)30(58)35(63)36(14)72-21-7-13-26-25-12(45(67)76-39(26)32(21)60)5-20(54)31(59)38(25)75-46(13)68/h1-7,22,37,40-41,48-63,70H,8H2/t22-,37-,40+,41-,48-/m1/s1. The largest absolute Gasteiger partial charge is 0.504 e. The Morgan fingerprint density at radius 2 is 0.987 bits per heavy atom. The van der Waals surface area contributed by atoms with E-state index < -0.39 is 231 Å². The molecule has 0 saturated carbocycles. The van der Waals surface area contributed by atoms with Gasteiger partial charge in [-0.25, -0.2) is 28.8 Å². The number of aliphatic hydroxyl groups is 1. The van der Waals surface area contributed by atoms with E-state index in [2.05, 4.69) is 0 Å². The summed E-state index contributed by atoms with van der Waals surface area (Å²) in [5, 5.41) is 169. The fourth-order valence-electron chi connectivity index (χ4n) is 8.71. The minimum absolute atomic E-state index is 0.334. The van der Waals surface area contributed by atoms with Crippen molar-refractivity contribution in [2.75, 3.05) is 6.61 Å². The lowest BCUT2D eigenvalue weighted by Crippen LogP contribution is -2.62. The lowest BCUT2D eigenvalue weighted by Gasteiger charge is -2.42. The fraction of sp³-hybridized carbons (Fsp3) is 0.125. The number of hydrogen-bond donors (Lipinski definition) is 16. The van der Waals surface area contributed by atoms with Crippen LogP contribution in [0.25, 0.3) is 43.8 Å². The molecular weight excluding hydrogens is 1060 g/mol. The summed E-state index contributed by atoms with van der Waals surface area (Å²) in [4.78, 5) is 83.2. The second-order valence-corrected chi connectivity index (χ2v) is 17.0. The second-order valence-electron chi connectivity index (χ2n) is 17.0. The van der Waals surface area contributed by atoms with Crippen molar-refractivity contribution in [2.45, 2.75) is 30.7 Å². The summed E-state index contributed by atoms with van der Waals surface area (Å²) in [6.07, 6.45) is -12.5. The number of cyclic esters (lactones) is 1. The minimum atomic E-state index is -2.69. The lowest BCUT2D eigenvalue weighted by molar-refractivity contribution is -0.284. The van der Waals surface area contributed by atoms with E-state index in [0.717, 1.165) is 6.07 Å². The second kappa shape index (κ2) is 17.8. The quantitative estimate of drug-likeness (QED) is 0.0374. The normalized spacial score (nSPS) is 18.3. The molecule has 0 aliphatic carbocycles. The third-order valence-electron chi connectivity index (χ3n) is 12.4. The Morgan fingerprint density at radius 3 is 1.58 bits per heavy atom. The maximum atomic E-state index is 14.5. The summed E-state index contributed by atoms with van der Waals surface area (Å²) >= 11 is 0. The third-order valence-corrected chi connectivity index (χ3v) is 12.4. The number of carbonyl (C=O) groups is 4. The first-order valence-electron chi connectivity index (χ1n) is 21.6. The monoisotopic (exact) mass is 1090 g/mol. The first-order valence-corrected chi connectivity index (χ1v) is 21.6. The topological polar surface area (TPSA) is 508 Å². The Balaban J connectivity index is 1.10. The first-order chi connectivity index (χ1) is 36.8. The van der Waals surface area contributed by atoms with Crippen LogP contribution < -0.4 is 16.0 Å². The van der Waals surface area contributed by atoms with Gasteiger partial charge in [0.05, 0.1) is 27.5 Å². The van der Waals surface area contributed by atoms with Gasteiger partial charge in [-0.1, -0.05) is 0 Å². The Kier molecular flexibility index (Phi) is 11.5. The van der Waals surface area contributed by atoms with Crippen molar-refractivity contribution in [2.24, 2.45) is 0 Å². The number of aliphatic hydroxyl groups excluding tert-OH is 1. The molecule has 2 aromatic heterocycles. The van der Waals surface area contributed by atoms with Gasteiger partial charge in [-0.15, -0.1) is 0 Å². The number of aromatic hydroxyl groups is 15. The van der Waals surface area contributed by atoms with Gasteiger partial charge in [0.1, 0.15) is 18.3 Å². The molecule has 4 heterocycles. The third kappa shape index (κ3) is 7.66. The van der Waals surface area contributed by atoms with Gasteiger partial charge in [0.15, 0.2) is 99.0 Å². The number of carbonyl (C=O) groups excluding carboxylic acids is 4. The Hall–Kier alpha value is -11.1. The molecule has 0 radical (unpaired) electrons. The van der Waals surface area contributed by atoms with Gasteiger partial charge in [0.25, 0.3) is 0 Å². The molecule has 30 heteroatoms. The Morgan fingerprint density at radius 1 is 0.500 bits per heavy atom. The summed E-state index contributed by atoms with van der Waals surface area (Å²) in [5.74, 6) is -28.5. The molecule has 30 nitrogen and oxygen atoms in total. The van der Waals surface area contributed by atoms with Crippen molar-refractivity contribution in [1.29, 1.82) is 0 Å².